The lowest BCUT2D eigenvalue weighted by Gasteiger charge is -2.41. The molecule has 1 aliphatic heterocycles. The summed E-state index contributed by atoms with van der Waals surface area (Å²) in [5, 5.41) is 6.72. The molecule has 1 saturated heterocycles. The molecular weight excluding hydrogens is 338 g/mol. The minimum atomic E-state index is -0.108. The van der Waals surface area contributed by atoms with E-state index >= 15 is 0 Å². The number of hydrogen-bond donors (Lipinski definition) is 2. The molecule has 2 atom stereocenters. The first-order valence-corrected chi connectivity index (χ1v) is 9.84. The summed E-state index contributed by atoms with van der Waals surface area (Å²) in [5.74, 6) is 0.0655. The molecule has 0 bridgehead atoms. The average Bonchev–Trinajstić information content (AvgIpc) is 2.97. The van der Waals surface area contributed by atoms with E-state index in [1.54, 1.807) is 6.20 Å². The van der Waals surface area contributed by atoms with E-state index in [4.69, 9.17) is 4.74 Å². The number of aromatic nitrogens is 1. The van der Waals surface area contributed by atoms with Crippen LogP contribution in [0.3, 0.4) is 0 Å². The summed E-state index contributed by atoms with van der Waals surface area (Å²) < 4.78 is 6.54. The van der Waals surface area contributed by atoms with Gasteiger partial charge in [-0.3, -0.25) is 9.78 Å². The number of benzene rings is 1. The topological polar surface area (TPSA) is 63.2 Å². The minimum Gasteiger partial charge on any atom is -0.370 e. The minimum absolute atomic E-state index is 0.0598. The normalized spacial score (nSPS) is 23.1. The summed E-state index contributed by atoms with van der Waals surface area (Å²) in [6, 6.07) is 12.4. The summed E-state index contributed by atoms with van der Waals surface area (Å²) in [6.07, 6.45) is 6.04. The van der Waals surface area contributed by atoms with Gasteiger partial charge in [0.2, 0.25) is 5.91 Å². The smallest absolute Gasteiger partial charge is 0.220 e. The maximum absolute atomic E-state index is 12.3. The van der Waals surface area contributed by atoms with Gasteiger partial charge in [-0.1, -0.05) is 37.3 Å². The zero-order valence-electron chi connectivity index (χ0n) is 15.8. The predicted molar refractivity (Wildman–Crippen MR) is 104 cm³/mol. The molecule has 1 fully saturated rings. The van der Waals surface area contributed by atoms with E-state index in [0.29, 0.717) is 13.0 Å². The van der Waals surface area contributed by atoms with E-state index in [1.807, 2.05) is 25.3 Å². The van der Waals surface area contributed by atoms with Crippen LogP contribution in [0.1, 0.15) is 48.9 Å². The number of ether oxygens (including phenoxy) is 1. The number of nitrogens with zero attached hydrogens (tertiary/aromatic N) is 1. The van der Waals surface area contributed by atoms with Gasteiger partial charge in [-0.2, -0.15) is 0 Å². The van der Waals surface area contributed by atoms with E-state index in [0.717, 1.165) is 31.5 Å². The molecule has 2 heterocycles. The van der Waals surface area contributed by atoms with Crippen LogP contribution in [0.15, 0.2) is 48.8 Å². The van der Waals surface area contributed by atoms with Crippen LogP contribution in [-0.2, 0) is 21.6 Å². The van der Waals surface area contributed by atoms with E-state index in [2.05, 4.69) is 39.9 Å². The van der Waals surface area contributed by atoms with Crippen molar-refractivity contribution in [1.29, 1.82) is 0 Å². The lowest BCUT2D eigenvalue weighted by molar-refractivity contribution is -0.123. The van der Waals surface area contributed by atoms with Crippen molar-refractivity contribution in [2.45, 2.75) is 50.4 Å². The SMILES string of the molecule is CCC(=O)N[C@H]1c2ccccc2C2(CCNCC2)[C@@H]1OCc1cccnc1. The van der Waals surface area contributed by atoms with Gasteiger partial charge in [0, 0.05) is 24.2 Å². The summed E-state index contributed by atoms with van der Waals surface area (Å²) in [4.78, 5) is 16.5. The number of carbonyl (C=O) groups excluding carboxylic acids is 1. The Morgan fingerprint density at radius 2 is 2.07 bits per heavy atom. The number of rotatable bonds is 5. The van der Waals surface area contributed by atoms with Gasteiger partial charge in [0.25, 0.3) is 0 Å². The fourth-order valence-electron chi connectivity index (χ4n) is 4.64. The van der Waals surface area contributed by atoms with Gasteiger partial charge in [0.1, 0.15) is 0 Å². The molecule has 142 valence electrons. The number of piperidine rings is 1. The molecular formula is C22H27N3O2. The Balaban J connectivity index is 1.69. The number of fused-ring (bicyclic) bond motifs is 2. The zero-order chi connectivity index (χ0) is 18.7. The van der Waals surface area contributed by atoms with E-state index < -0.39 is 0 Å². The molecule has 5 heteroatoms. The van der Waals surface area contributed by atoms with Crippen LogP contribution in [0.5, 0.6) is 0 Å². The number of nitrogens with one attached hydrogen (secondary N) is 2. The van der Waals surface area contributed by atoms with Gasteiger partial charge >= 0.3 is 0 Å². The Hall–Kier alpha value is -2.24. The maximum atomic E-state index is 12.3. The molecule has 2 N–H and O–H groups in total. The molecule has 2 aliphatic rings. The third kappa shape index (κ3) is 3.37. The summed E-state index contributed by atoms with van der Waals surface area (Å²) in [6.45, 7) is 4.33. The van der Waals surface area contributed by atoms with Gasteiger partial charge in [-0.25, -0.2) is 0 Å². The molecule has 1 aliphatic carbocycles. The van der Waals surface area contributed by atoms with E-state index in [1.165, 1.54) is 11.1 Å². The number of carbonyl (C=O) groups is 1. The maximum Gasteiger partial charge on any atom is 0.220 e. The average molecular weight is 365 g/mol. The van der Waals surface area contributed by atoms with Crippen molar-refractivity contribution in [2.24, 2.45) is 0 Å². The standard InChI is InChI=1S/C22H27N3O2/c1-2-19(26)25-20-17-7-3-4-8-18(17)22(9-12-23-13-10-22)21(20)27-15-16-6-5-11-24-14-16/h3-8,11,14,20-21,23H,2,9-10,12-13,15H2,1H3,(H,25,26)/t20-,21+/m0/s1. The third-order valence-corrected chi connectivity index (χ3v) is 5.97. The van der Waals surface area contributed by atoms with Gasteiger partial charge in [-0.05, 0) is 48.7 Å². The van der Waals surface area contributed by atoms with Crippen LogP contribution in [0.4, 0.5) is 0 Å². The van der Waals surface area contributed by atoms with Gasteiger partial charge in [0.15, 0.2) is 0 Å². The molecule has 0 saturated carbocycles. The number of hydrogen-bond acceptors (Lipinski definition) is 4. The lowest BCUT2D eigenvalue weighted by Crippen LogP contribution is -2.49. The Kier molecular flexibility index (Phi) is 5.23. The summed E-state index contributed by atoms with van der Waals surface area (Å²) in [5.41, 5.74) is 3.54. The molecule has 0 radical (unpaired) electrons. The third-order valence-electron chi connectivity index (χ3n) is 5.97. The zero-order valence-corrected chi connectivity index (χ0v) is 15.8. The molecule has 1 aromatic heterocycles. The van der Waals surface area contributed by atoms with Crippen LogP contribution in [0, 0.1) is 0 Å². The first kappa shape index (κ1) is 18.1. The molecule has 1 amide bonds. The molecule has 1 aromatic carbocycles. The Morgan fingerprint density at radius 3 is 2.81 bits per heavy atom. The molecule has 2 aromatic rings. The van der Waals surface area contributed by atoms with Gasteiger partial charge in [-0.15, -0.1) is 0 Å². The van der Waals surface area contributed by atoms with Crippen molar-refractivity contribution in [3.8, 4) is 0 Å². The second kappa shape index (κ2) is 7.79. The van der Waals surface area contributed by atoms with Crippen molar-refractivity contribution in [1.82, 2.24) is 15.6 Å². The van der Waals surface area contributed by atoms with Crippen molar-refractivity contribution in [3.05, 3.63) is 65.5 Å². The first-order valence-electron chi connectivity index (χ1n) is 9.84. The van der Waals surface area contributed by atoms with Crippen LogP contribution in [-0.4, -0.2) is 30.1 Å². The summed E-state index contributed by atoms with van der Waals surface area (Å²) >= 11 is 0. The lowest BCUT2D eigenvalue weighted by atomic mass is 9.72. The Morgan fingerprint density at radius 1 is 1.26 bits per heavy atom. The van der Waals surface area contributed by atoms with Crippen molar-refractivity contribution >= 4 is 5.91 Å². The quantitative estimate of drug-likeness (QED) is 0.855. The highest BCUT2D eigenvalue weighted by atomic mass is 16.5. The second-order valence-corrected chi connectivity index (χ2v) is 7.49. The van der Waals surface area contributed by atoms with Crippen molar-refractivity contribution in [2.75, 3.05) is 13.1 Å². The van der Waals surface area contributed by atoms with Gasteiger partial charge < -0.3 is 15.4 Å². The van der Waals surface area contributed by atoms with Gasteiger partial charge in [0.05, 0.1) is 18.8 Å². The fraction of sp³-hybridized carbons (Fsp3) is 0.455. The number of pyridine rings is 1. The monoisotopic (exact) mass is 365 g/mol. The second-order valence-electron chi connectivity index (χ2n) is 7.49. The van der Waals surface area contributed by atoms with E-state index in [-0.39, 0.29) is 23.5 Å². The Bertz CT molecular complexity index is 787. The fourth-order valence-corrected chi connectivity index (χ4v) is 4.64. The van der Waals surface area contributed by atoms with E-state index in [9.17, 15) is 4.79 Å². The van der Waals surface area contributed by atoms with Crippen LogP contribution in [0.25, 0.3) is 0 Å². The predicted octanol–water partition coefficient (Wildman–Crippen LogP) is 2.87. The van der Waals surface area contributed by atoms with Crippen LogP contribution < -0.4 is 10.6 Å². The molecule has 0 unspecified atom stereocenters. The highest BCUT2D eigenvalue weighted by molar-refractivity contribution is 5.76. The number of amides is 1. The molecule has 27 heavy (non-hydrogen) atoms. The molecule has 5 nitrogen and oxygen atoms in total. The highest BCUT2D eigenvalue weighted by Crippen LogP contribution is 2.51. The largest absolute Gasteiger partial charge is 0.370 e. The highest BCUT2D eigenvalue weighted by Gasteiger charge is 2.53. The molecule has 1 spiro atoms. The Labute approximate surface area is 160 Å². The summed E-state index contributed by atoms with van der Waals surface area (Å²) in [7, 11) is 0. The van der Waals surface area contributed by atoms with Crippen molar-refractivity contribution in [3.63, 3.8) is 0 Å². The first-order chi connectivity index (χ1) is 13.2. The van der Waals surface area contributed by atoms with Crippen LogP contribution in [0.2, 0.25) is 0 Å². The van der Waals surface area contributed by atoms with Crippen LogP contribution >= 0.6 is 0 Å². The van der Waals surface area contributed by atoms with Crippen molar-refractivity contribution < 1.29 is 9.53 Å². The molecule has 4 rings (SSSR count).